The SMILES string of the molecule is CCCN1CCC(C(C)NCC2(CC)CCCC2)CC1. The molecule has 0 aromatic rings. The normalized spacial score (nSPS) is 25.9. The molecule has 0 aromatic carbocycles. The molecule has 1 heterocycles. The van der Waals surface area contributed by atoms with Gasteiger partial charge in [-0.3, -0.25) is 0 Å². The molecule has 0 aromatic heterocycles. The summed E-state index contributed by atoms with van der Waals surface area (Å²) in [5, 5.41) is 3.91. The van der Waals surface area contributed by atoms with E-state index < -0.39 is 0 Å². The van der Waals surface area contributed by atoms with Crippen molar-refractivity contribution in [2.45, 2.75) is 78.2 Å². The molecule has 0 amide bonds. The maximum absolute atomic E-state index is 3.91. The molecular weight excluding hydrogens is 244 g/mol. The van der Waals surface area contributed by atoms with Crippen LogP contribution in [0.25, 0.3) is 0 Å². The highest BCUT2D eigenvalue weighted by Gasteiger charge is 2.33. The highest BCUT2D eigenvalue weighted by molar-refractivity contribution is 4.88. The molecule has 1 aliphatic carbocycles. The summed E-state index contributed by atoms with van der Waals surface area (Å²) in [4.78, 5) is 2.65. The van der Waals surface area contributed by atoms with E-state index in [0.717, 1.165) is 5.92 Å². The molecule has 118 valence electrons. The van der Waals surface area contributed by atoms with Gasteiger partial charge in [-0.25, -0.2) is 0 Å². The van der Waals surface area contributed by atoms with Crippen molar-refractivity contribution in [3.63, 3.8) is 0 Å². The molecule has 1 aliphatic heterocycles. The third-order valence-electron chi connectivity index (χ3n) is 6.09. The number of nitrogens with one attached hydrogen (secondary N) is 1. The molecule has 2 fully saturated rings. The number of likely N-dealkylation sites (tertiary alicyclic amines) is 1. The molecule has 20 heavy (non-hydrogen) atoms. The average molecular weight is 280 g/mol. The van der Waals surface area contributed by atoms with Crippen molar-refractivity contribution in [3.8, 4) is 0 Å². The van der Waals surface area contributed by atoms with Crippen molar-refractivity contribution in [1.82, 2.24) is 10.2 Å². The molecule has 2 heteroatoms. The summed E-state index contributed by atoms with van der Waals surface area (Å²) in [5.41, 5.74) is 0.636. The second kappa shape index (κ2) is 7.79. The Hall–Kier alpha value is -0.0800. The topological polar surface area (TPSA) is 15.3 Å². The van der Waals surface area contributed by atoms with Crippen LogP contribution in [0, 0.1) is 11.3 Å². The summed E-state index contributed by atoms with van der Waals surface area (Å²) >= 11 is 0. The van der Waals surface area contributed by atoms with Crippen LogP contribution < -0.4 is 5.32 Å². The van der Waals surface area contributed by atoms with Gasteiger partial charge in [0.1, 0.15) is 0 Å². The van der Waals surface area contributed by atoms with Crippen LogP contribution in [0.15, 0.2) is 0 Å². The van der Waals surface area contributed by atoms with Gasteiger partial charge in [-0.15, -0.1) is 0 Å². The van der Waals surface area contributed by atoms with Gasteiger partial charge in [-0.05, 0) is 76.4 Å². The molecule has 0 spiro atoms. The van der Waals surface area contributed by atoms with Crippen molar-refractivity contribution >= 4 is 0 Å². The first-order valence-electron chi connectivity index (χ1n) is 9.15. The van der Waals surface area contributed by atoms with Gasteiger partial charge in [-0.1, -0.05) is 26.7 Å². The van der Waals surface area contributed by atoms with Crippen LogP contribution in [0.2, 0.25) is 0 Å². The average Bonchev–Trinajstić information content (AvgIpc) is 2.95. The summed E-state index contributed by atoms with van der Waals surface area (Å²) in [5.74, 6) is 0.901. The standard InChI is InChI=1S/C18H36N2/c1-4-12-20-13-8-17(9-14-20)16(3)19-15-18(5-2)10-6-7-11-18/h16-17,19H,4-15H2,1-3H3. The summed E-state index contributed by atoms with van der Waals surface area (Å²) < 4.78 is 0. The third-order valence-corrected chi connectivity index (χ3v) is 6.09. The molecule has 2 rings (SSSR count). The fraction of sp³-hybridized carbons (Fsp3) is 1.00. The van der Waals surface area contributed by atoms with E-state index in [4.69, 9.17) is 0 Å². The quantitative estimate of drug-likeness (QED) is 0.756. The Balaban J connectivity index is 1.71. The fourth-order valence-corrected chi connectivity index (χ4v) is 4.32. The minimum absolute atomic E-state index is 0.636. The zero-order chi connectivity index (χ0) is 14.4. The molecule has 1 saturated carbocycles. The molecule has 2 nitrogen and oxygen atoms in total. The van der Waals surface area contributed by atoms with Gasteiger partial charge in [0.15, 0.2) is 0 Å². The van der Waals surface area contributed by atoms with E-state index in [9.17, 15) is 0 Å². The van der Waals surface area contributed by atoms with Gasteiger partial charge in [-0.2, -0.15) is 0 Å². The highest BCUT2D eigenvalue weighted by atomic mass is 15.1. The van der Waals surface area contributed by atoms with Crippen LogP contribution in [0.4, 0.5) is 0 Å². The Morgan fingerprint density at radius 3 is 2.35 bits per heavy atom. The molecule has 0 radical (unpaired) electrons. The first-order valence-corrected chi connectivity index (χ1v) is 9.15. The smallest absolute Gasteiger partial charge is 0.00681 e. The second-order valence-corrected chi connectivity index (χ2v) is 7.41. The fourth-order valence-electron chi connectivity index (χ4n) is 4.32. The largest absolute Gasteiger partial charge is 0.313 e. The Morgan fingerprint density at radius 2 is 1.80 bits per heavy atom. The van der Waals surface area contributed by atoms with E-state index in [-0.39, 0.29) is 0 Å². The zero-order valence-corrected chi connectivity index (χ0v) is 14.1. The summed E-state index contributed by atoms with van der Waals surface area (Å²) in [6.07, 6.45) is 11.3. The van der Waals surface area contributed by atoms with E-state index >= 15 is 0 Å². The van der Waals surface area contributed by atoms with Gasteiger partial charge < -0.3 is 10.2 Å². The van der Waals surface area contributed by atoms with Gasteiger partial charge >= 0.3 is 0 Å². The van der Waals surface area contributed by atoms with Crippen molar-refractivity contribution in [1.29, 1.82) is 0 Å². The Labute approximate surface area is 126 Å². The third kappa shape index (κ3) is 4.21. The van der Waals surface area contributed by atoms with Crippen LogP contribution in [0.3, 0.4) is 0 Å². The van der Waals surface area contributed by atoms with Crippen molar-refractivity contribution in [3.05, 3.63) is 0 Å². The lowest BCUT2D eigenvalue weighted by Gasteiger charge is -2.37. The Kier molecular flexibility index (Phi) is 6.35. The molecular formula is C18H36N2. The maximum Gasteiger partial charge on any atom is 0.00681 e. The maximum atomic E-state index is 3.91. The van der Waals surface area contributed by atoms with E-state index in [2.05, 4.69) is 31.0 Å². The van der Waals surface area contributed by atoms with Crippen molar-refractivity contribution < 1.29 is 0 Å². The van der Waals surface area contributed by atoms with Gasteiger partial charge in [0.25, 0.3) is 0 Å². The lowest BCUT2D eigenvalue weighted by atomic mass is 9.82. The molecule has 0 bridgehead atoms. The van der Waals surface area contributed by atoms with Crippen LogP contribution >= 0.6 is 0 Å². The predicted molar refractivity (Wildman–Crippen MR) is 88.1 cm³/mol. The highest BCUT2D eigenvalue weighted by Crippen LogP contribution is 2.40. The van der Waals surface area contributed by atoms with Crippen LogP contribution in [0.5, 0.6) is 0 Å². The van der Waals surface area contributed by atoms with Crippen LogP contribution in [-0.2, 0) is 0 Å². The minimum Gasteiger partial charge on any atom is -0.313 e. The van der Waals surface area contributed by atoms with Crippen molar-refractivity contribution in [2.24, 2.45) is 11.3 Å². The second-order valence-electron chi connectivity index (χ2n) is 7.41. The van der Waals surface area contributed by atoms with Gasteiger partial charge in [0.05, 0.1) is 0 Å². The van der Waals surface area contributed by atoms with Gasteiger partial charge in [0.2, 0.25) is 0 Å². The molecule has 1 N–H and O–H groups in total. The summed E-state index contributed by atoms with van der Waals surface area (Å²) in [6.45, 7) is 12.3. The number of nitrogens with zero attached hydrogens (tertiary/aromatic N) is 1. The predicted octanol–water partition coefficient (Wildman–Crippen LogP) is 4.06. The molecule has 1 atom stereocenters. The number of hydrogen-bond donors (Lipinski definition) is 1. The number of hydrogen-bond acceptors (Lipinski definition) is 2. The lowest BCUT2D eigenvalue weighted by molar-refractivity contribution is 0.153. The lowest BCUT2D eigenvalue weighted by Crippen LogP contribution is -2.45. The van der Waals surface area contributed by atoms with Crippen LogP contribution in [0.1, 0.15) is 72.1 Å². The Bertz CT molecular complexity index is 263. The van der Waals surface area contributed by atoms with Gasteiger partial charge in [0, 0.05) is 12.6 Å². The minimum atomic E-state index is 0.636. The molecule has 1 unspecified atom stereocenters. The molecule has 2 aliphatic rings. The molecule has 1 saturated heterocycles. The van der Waals surface area contributed by atoms with Crippen molar-refractivity contribution in [2.75, 3.05) is 26.2 Å². The van der Waals surface area contributed by atoms with Crippen LogP contribution in [-0.4, -0.2) is 37.1 Å². The summed E-state index contributed by atoms with van der Waals surface area (Å²) in [7, 11) is 0. The summed E-state index contributed by atoms with van der Waals surface area (Å²) in [6, 6.07) is 0.711. The number of rotatable bonds is 7. The Morgan fingerprint density at radius 1 is 1.15 bits per heavy atom. The monoisotopic (exact) mass is 280 g/mol. The van der Waals surface area contributed by atoms with E-state index in [1.165, 1.54) is 77.5 Å². The zero-order valence-electron chi connectivity index (χ0n) is 14.1. The number of piperidine rings is 1. The first kappa shape index (κ1) is 16.3. The van der Waals surface area contributed by atoms with E-state index in [0.29, 0.717) is 11.5 Å². The van der Waals surface area contributed by atoms with E-state index in [1.807, 2.05) is 0 Å². The first-order chi connectivity index (χ1) is 9.69. The van der Waals surface area contributed by atoms with E-state index in [1.54, 1.807) is 0 Å².